The Morgan fingerprint density at radius 3 is 2.82 bits per heavy atom. The monoisotopic (exact) mass is 226 g/mol. The molecule has 2 aliphatic heterocycles. The molecule has 0 saturated heterocycles. The molecule has 0 bridgehead atoms. The molecule has 0 radical (unpaired) electrons. The van der Waals surface area contributed by atoms with Crippen molar-refractivity contribution in [2.45, 2.75) is 19.4 Å². The largest absolute Gasteiger partial charge is 0.386 e. The van der Waals surface area contributed by atoms with Crippen molar-refractivity contribution in [2.24, 2.45) is 4.99 Å². The third-order valence-electron chi connectivity index (χ3n) is 3.29. The summed E-state index contributed by atoms with van der Waals surface area (Å²) in [6.07, 6.45) is 0.824. The van der Waals surface area contributed by atoms with E-state index in [1.807, 2.05) is 37.3 Å². The van der Waals surface area contributed by atoms with E-state index in [0.717, 1.165) is 29.8 Å². The molecule has 3 rings (SSSR count). The number of dihydropyridines is 1. The Bertz CT molecular complexity index is 528. The van der Waals surface area contributed by atoms with Crippen LogP contribution in [0.2, 0.25) is 0 Å². The van der Waals surface area contributed by atoms with Crippen molar-refractivity contribution in [3.8, 4) is 0 Å². The minimum atomic E-state index is 0.0698. The molecule has 0 fully saturated rings. The lowest BCUT2D eigenvalue weighted by molar-refractivity contribution is -0.110. The Balaban J connectivity index is 2.04. The van der Waals surface area contributed by atoms with Crippen LogP contribution in [-0.4, -0.2) is 24.1 Å². The predicted molar refractivity (Wildman–Crippen MR) is 67.1 cm³/mol. The maximum Gasteiger partial charge on any atom is 0.209 e. The summed E-state index contributed by atoms with van der Waals surface area (Å²) < 4.78 is 0. The fourth-order valence-electron chi connectivity index (χ4n) is 2.46. The molecule has 0 spiro atoms. The summed E-state index contributed by atoms with van der Waals surface area (Å²) in [6, 6.07) is 9.77. The van der Waals surface area contributed by atoms with E-state index < -0.39 is 0 Å². The van der Waals surface area contributed by atoms with Gasteiger partial charge in [0.2, 0.25) is 5.78 Å². The third-order valence-corrected chi connectivity index (χ3v) is 3.29. The quantitative estimate of drug-likeness (QED) is 0.791. The molecular weight excluding hydrogens is 212 g/mol. The molecule has 1 aromatic carbocycles. The number of Topliss-reactive ketones (excluding diaryl/α,β-unsaturated/α-hetero) is 1. The predicted octanol–water partition coefficient (Wildman–Crippen LogP) is 1.69. The maximum absolute atomic E-state index is 12.3. The van der Waals surface area contributed by atoms with Crippen molar-refractivity contribution in [3.05, 3.63) is 47.2 Å². The van der Waals surface area contributed by atoms with Crippen molar-refractivity contribution >= 4 is 11.5 Å². The fourth-order valence-corrected chi connectivity index (χ4v) is 2.46. The highest BCUT2D eigenvalue weighted by atomic mass is 16.1. The zero-order valence-electron chi connectivity index (χ0n) is 9.73. The molecule has 2 aliphatic rings. The Labute approximate surface area is 100 Å². The van der Waals surface area contributed by atoms with Crippen molar-refractivity contribution in [1.29, 1.82) is 0 Å². The molecule has 86 valence electrons. The standard InChI is InChI=1S/C14H14N2O/c1-9-12-11(7-8-15-12)14(17)13(16-9)10-5-3-2-4-6-10/h2-6,9,15H,7-8H2,1H3. The first-order valence-electron chi connectivity index (χ1n) is 5.92. The van der Waals surface area contributed by atoms with E-state index in [9.17, 15) is 4.79 Å². The average Bonchev–Trinajstić information content (AvgIpc) is 2.85. The zero-order chi connectivity index (χ0) is 11.8. The van der Waals surface area contributed by atoms with Crippen LogP contribution in [0, 0.1) is 0 Å². The lowest BCUT2D eigenvalue weighted by Crippen LogP contribution is -2.29. The molecule has 17 heavy (non-hydrogen) atoms. The summed E-state index contributed by atoms with van der Waals surface area (Å²) in [6.45, 7) is 2.89. The van der Waals surface area contributed by atoms with Gasteiger partial charge in [-0.05, 0) is 13.3 Å². The van der Waals surface area contributed by atoms with E-state index in [4.69, 9.17) is 0 Å². The van der Waals surface area contributed by atoms with Crippen LogP contribution < -0.4 is 5.32 Å². The summed E-state index contributed by atoms with van der Waals surface area (Å²) in [5, 5.41) is 3.26. The number of carbonyl (C=O) groups is 1. The first-order chi connectivity index (χ1) is 8.27. The topological polar surface area (TPSA) is 41.5 Å². The van der Waals surface area contributed by atoms with E-state index in [-0.39, 0.29) is 11.8 Å². The molecule has 0 saturated carbocycles. The van der Waals surface area contributed by atoms with E-state index in [1.165, 1.54) is 0 Å². The number of aliphatic imine (C=N–C) groups is 1. The summed E-state index contributed by atoms with van der Waals surface area (Å²) in [5.74, 6) is 0.0919. The van der Waals surface area contributed by atoms with Crippen LogP contribution in [0.3, 0.4) is 0 Å². The van der Waals surface area contributed by atoms with Gasteiger partial charge >= 0.3 is 0 Å². The molecule has 3 heteroatoms. The van der Waals surface area contributed by atoms with Gasteiger partial charge in [0.1, 0.15) is 5.71 Å². The van der Waals surface area contributed by atoms with Crippen LogP contribution in [0.15, 0.2) is 46.6 Å². The van der Waals surface area contributed by atoms with Gasteiger partial charge in [-0.3, -0.25) is 9.79 Å². The van der Waals surface area contributed by atoms with Gasteiger partial charge in [-0.1, -0.05) is 30.3 Å². The summed E-state index contributed by atoms with van der Waals surface area (Å²) >= 11 is 0. The maximum atomic E-state index is 12.3. The SMILES string of the molecule is CC1N=C(c2ccccc2)C(=O)C2=C1NCC2. The minimum absolute atomic E-state index is 0.0698. The average molecular weight is 226 g/mol. The summed E-state index contributed by atoms with van der Waals surface area (Å²) in [4.78, 5) is 16.8. The first kappa shape index (κ1) is 10.3. The molecule has 1 atom stereocenters. The minimum Gasteiger partial charge on any atom is -0.386 e. The second kappa shape index (κ2) is 3.84. The van der Waals surface area contributed by atoms with Crippen LogP contribution in [0.4, 0.5) is 0 Å². The highest BCUT2D eigenvalue weighted by Gasteiger charge is 2.31. The second-order valence-corrected chi connectivity index (χ2v) is 4.42. The molecule has 1 aromatic rings. The smallest absolute Gasteiger partial charge is 0.209 e. The van der Waals surface area contributed by atoms with Crippen molar-refractivity contribution in [1.82, 2.24) is 5.32 Å². The number of hydrogen-bond donors (Lipinski definition) is 1. The number of benzene rings is 1. The Morgan fingerprint density at radius 2 is 2.06 bits per heavy atom. The van der Waals surface area contributed by atoms with Gasteiger partial charge < -0.3 is 5.32 Å². The molecule has 1 N–H and O–H groups in total. The van der Waals surface area contributed by atoms with Crippen LogP contribution in [-0.2, 0) is 4.79 Å². The number of ketones is 1. The number of nitrogens with zero attached hydrogens (tertiary/aromatic N) is 1. The summed E-state index contributed by atoms with van der Waals surface area (Å²) in [5.41, 5.74) is 3.48. The van der Waals surface area contributed by atoms with Gasteiger partial charge in [0, 0.05) is 23.4 Å². The van der Waals surface area contributed by atoms with Gasteiger partial charge in [-0.15, -0.1) is 0 Å². The van der Waals surface area contributed by atoms with Crippen LogP contribution >= 0.6 is 0 Å². The normalized spacial score (nSPS) is 23.2. The Kier molecular flexibility index (Phi) is 2.32. The zero-order valence-corrected chi connectivity index (χ0v) is 9.73. The third kappa shape index (κ3) is 1.58. The Hall–Kier alpha value is -1.90. The van der Waals surface area contributed by atoms with E-state index >= 15 is 0 Å². The van der Waals surface area contributed by atoms with Gasteiger partial charge in [-0.25, -0.2) is 0 Å². The fraction of sp³-hybridized carbons (Fsp3) is 0.286. The van der Waals surface area contributed by atoms with Gasteiger partial charge in [0.05, 0.1) is 6.04 Å². The molecule has 1 unspecified atom stereocenters. The highest BCUT2D eigenvalue weighted by Crippen LogP contribution is 2.26. The lowest BCUT2D eigenvalue weighted by Gasteiger charge is -2.19. The van der Waals surface area contributed by atoms with Crippen LogP contribution in [0.5, 0.6) is 0 Å². The number of nitrogens with one attached hydrogen (secondary N) is 1. The first-order valence-corrected chi connectivity index (χ1v) is 5.92. The molecule has 2 heterocycles. The van der Waals surface area contributed by atoms with Gasteiger partial charge in [0.15, 0.2) is 0 Å². The Morgan fingerprint density at radius 1 is 1.29 bits per heavy atom. The molecular formula is C14H14N2O. The molecule has 3 nitrogen and oxygen atoms in total. The van der Waals surface area contributed by atoms with Crippen LogP contribution in [0.25, 0.3) is 0 Å². The van der Waals surface area contributed by atoms with Crippen LogP contribution in [0.1, 0.15) is 18.9 Å². The lowest BCUT2D eigenvalue weighted by atomic mass is 9.94. The van der Waals surface area contributed by atoms with Gasteiger partial charge in [-0.2, -0.15) is 0 Å². The molecule has 0 aliphatic carbocycles. The van der Waals surface area contributed by atoms with E-state index in [2.05, 4.69) is 10.3 Å². The number of hydrogen-bond acceptors (Lipinski definition) is 3. The van der Waals surface area contributed by atoms with Gasteiger partial charge in [0.25, 0.3) is 0 Å². The van der Waals surface area contributed by atoms with Crippen molar-refractivity contribution < 1.29 is 4.79 Å². The number of rotatable bonds is 1. The van der Waals surface area contributed by atoms with E-state index in [1.54, 1.807) is 0 Å². The molecule has 0 amide bonds. The number of carbonyl (C=O) groups excluding carboxylic acids is 1. The van der Waals surface area contributed by atoms with E-state index in [0.29, 0.717) is 5.71 Å². The summed E-state index contributed by atoms with van der Waals surface area (Å²) in [7, 11) is 0. The molecule has 0 aromatic heterocycles. The van der Waals surface area contributed by atoms with Crippen molar-refractivity contribution in [2.75, 3.05) is 6.54 Å². The van der Waals surface area contributed by atoms with Crippen molar-refractivity contribution in [3.63, 3.8) is 0 Å². The highest BCUT2D eigenvalue weighted by molar-refractivity contribution is 6.52. The second-order valence-electron chi connectivity index (χ2n) is 4.42.